The van der Waals surface area contributed by atoms with Gasteiger partial charge in [-0.05, 0) is 12.8 Å². The number of allylic oxidation sites excluding steroid dienone is 2. The van der Waals surface area contributed by atoms with Gasteiger partial charge >= 0.3 is 0 Å². The lowest BCUT2D eigenvalue weighted by molar-refractivity contribution is 0.452. The minimum atomic E-state index is -0.321. The summed E-state index contributed by atoms with van der Waals surface area (Å²) in [5, 5.41) is 0. The van der Waals surface area contributed by atoms with Crippen LogP contribution in [0.2, 0.25) is 0 Å². The maximum absolute atomic E-state index is 6.06. The summed E-state index contributed by atoms with van der Waals surface area (Å²) in [6, 6.07) is -0.0255. The second kappa shape index (κ2) is 3.42. The van der Waals surface area contributed by atoms with Crippen LogP contribution >= 0.6 is 0 Å². The summed E-state index contributed by atoms with van der Waals surface area (Å²) in [4.78, 5) is 0. The molecule has 0 bridgehead atoms. The highest BCUT2D eigenvalue weighted by atomic mass is 14.8. The molecule has 2 unspecified atom stereocenters. The van der Waals surface area contributed by atoms with Crippen LogP contribution in [0.15, 0.2) is 23.8 Å². The zero-order chi connectivity index (χ0) is 9.19. The second-order valence-corrected chi connectivity index (χ2v) is 3.42. The molecule has 2 atom stereocenters. The molecule has 0 aromatic heterocycles. The van der Waals surface area contributed by atoms with E-state index < -0.39 is 0 Å². The smallest absolute Gasteiger partial charge is 0.0529 e. The van der Waals surface area contributed by atoms with E-state index in [1.807, 2.05) is 6.08 Å². The van der Waals surface area contributed by atoms with E-state index in [0.29, 0.717) is 0 Å². The molecule has 1 aliphatic rings. The first kappa shape index (κ1) is 9.49. The molecule has 0 radical (unpaired) electrons. The van der Waals surface area contributed by atoms with Crippen LogP contribution in [0.5, 0.6) is 0 Å². The van der Waals surface area contributed by atoms with Gasteiger partial charge in [-0.15, -0.1) is 0 Å². The van der Waals surface area contributed by atoms with Gasteiger partial charge in [0.05, 0.1) is 5.54 Å². The van der Waals surface area contributed by atoms with E-state index in [1.54, 1.807) is 0 Å². The second-order valence-electron chi connectivity index (χ2n) is 3.42. The minimum absolute atomic E-state index is 0.0255. The molecule has 12 heavy (non-hydrogen) atoms. The monoisotopic (exact) mass is 166 g/mol. The van der Waals surface area contributed by atoms with Crippen LogP contribution in [-0.4, -0.2) is 11.6 Å². The number of rotatable bonds is 2. The van der Waals surface area contributed by atoms with Crippen molar-refractivity contribution in [2.24, 2.45) is 11.5 Å². The molecule has 0 aromatic carbocycles. The van der Waals surface area contributed by atoms with Crippen LogP contribution in [0, 0.1) is 0 Å². The van der Waals surface area contributed by atoms with Gasteiger partial charge in [0.2, 0.25) is 0 Å². The Kier molecular flexibility index (Phi) is 2.70. The first-order chi connectivity index (χ1) is 5.62. The molecule has 1 rings (SSSR count). The molecule has 2 heteroatoms. The molecule has 0 saturated heterocycles. The summed E-state index contributed by atoms with van der Waals surface area (Å²) in [6.07, 6.45) is 8.12. The van der Waals surface area contributed by atoms with E-state index in [0.717, 1.165) is 12.8 Å². The Labute approximate surface area is 74.3 Å². The van der Waals surface area contributed by atoms with Crippen LogP contribution in [0.1, 0.15) is 26.7 Å². The summed E-state index contributed by atoms with van der Waals surface area (Å²) in [5.41, 5.74) is 13.0. The average Bonchev–Trinajstić information content (AvgIpc) is 2.10. The molecule has 4 N–H and O–H groups in total. The molecular weight excluding hydrogens is 148 g/mol. The maximum Gasteiger partial charge on any atom is 0.0529 e. The fourth-order valence-corrected chi connectivity index (χ4v) is 1.40. The van der Waals surface area contributed by atoms with Crippen molar-refractivity contribution in [2.45, 2.75) is 38.3 Å². The van der Waals surface area contributed by atoms with E-state index >= 15 is 0 Å². The number of hydrogen-bond donors (Lipinski definition) is 2. The van der Waals surface area contributed by atoms with E-state index in [1.165, 1.54) is 5.57 Å². The standard InChI is InChI=1S/C10H18N2/c1-3-8-5-6-10(12,4-2)9(11)7-8/h5-7,9H,3-4,11-12H2,1-2H3. The normalized spacial score (nSPS) is 35.0. The van der Waals surface area contributed by atoms with E-state index in [2.05, 4.69) is 26.0 Å². The predicted molar refractivity (Wildman–Crippen MR) is 52.7 cm³/mol. The lowest BCUT2D eigenvalue weighted by atomic mass is 9.83. The van der Waals surface area contributed by atoms with Crippen molar-refractivity contribution in [2.75, 3.05) is 0 Å². The van der Waals surface area contributed by atoms with Gasteiger partial charge in [-0.1, -0.05) is 37.6 Å². The van der Waals surface area contributed by atoms with Gasteiger partial charge in [0.15, 0.2) is 0 Å². The largest absolute Gasteiger partial charge is 0.323 e. The molecular formula is C10H18N2. The molecule has 0 amide bonds. The van der Waals surface area contributed by atoms with Gasteiger partial charge in [-0.25, -0.2) is 0 Å². The molecule has 2 nitrogen and oxygen atoms in total. The van der Waals surface area contributed by atoms with Crippen molar-refractivity contribution in [3.05, 3.63) is 23.8 Å². The van der Waals surface area contributed by atoms with E-state index in [4.69, 9.17) is 11.5 Å². The van der Waals surface area contributed by atoms with Crippen molar-refractivity contribution in [3.63, 3.8) is 0 Å². The Morgan fingerprint density at radius 3 is 2.58 bits per heavy atom. The first-order valence-electron chi connectivity index (χ1n) is 4.56. The first-order valence-corrected chi connectivity index (χ1v) is 4.56. The SMILES string of the molecule is CCC1=CC(N)C(N)(CC)C=C1. The molecule has 0 saturated carbocycles. The molecule has 0 spiro atoms. The lowest BCUT2D eigenvalue weighted by Crippen LogP contribution is -2.53. The van der Waals surface area contributed by atoms with Gasteiger partial charge in [0.25, 0.3) is 0 Å². The van der Waals surface area contributed by atoms with Crippen molar-refractivity contribution >= 4 is 0 Å². The summed E-state index contributed by atoms with van der Waals surface area (Å²) < 4.78 is 0. The summed E-state index contributed by atoms with van der Waals surface area (Å²) in [7, 11) is 0. The van der Waals surface area contributed by atoms with Gasteiger partial charge in [-0.3, -0.25) is 0 Å². The zero-order valence-corrected chi connectivity index (χ0v) is 7.88. The van der Waals surface area contributed by atoms with Crippen molar-refractivity contribution in [1.82, 2.24) is 0 Å². The lowest BCUT2D eigenvalue weighted by Gasteiger charge is -2.32. The Balaban J connectivity index is 2.81. The van der Waals surface area contributed by atoms with Gasteiger partial charge < -0.3 is 11.5 Å². The quantitative estimate of drug-likeness (QED) is 0.650. The van der Waals surface area contributed by atoms with Gasteiger partial charge in [0.1, 0.15) is 0 Å². The molecule has 0 heterocycles. The Morgan fingerprint density at radius 1 is 1.50 bits per heavy atom. The van der Waals surface area contributed by atoms with Crippen molar-refractivity contribution in [1.29, 1.82) is 0 Å². The highest BCUT2D eigenvalue weighted by Crippen LogP contribution is 2.21. The average molecular weight is 166 g/mol. The molecule has 0 aliphatic heterocycles. The molecule has 68 valence electrons. The zero-order valence-electron chi connectivity index (χ0n) is 7.88. The van der Waals surface area contributed by atoms with Crippen LogP contribution in [0.4, 0.5) is 0 Å². The van der Waals surface area contributed by atoms with E-state index in [-0.39, 0.29) is 11.6 Å². The highest BCUT2D eigenvalue weighted by Gasteiger charge is 2.28. The predicted octanol–water partition coefficient (Wildman–Crippen LogP) is 1.33. The van der Waals surface area contributed by atoms with Gasteiger partial charge in [-0.2, -0.15) is 0 Å². The third-order valence-corrected chi connectivity index (χ3v) is 2.64. The fraction of sp³-hybridized carbons (Fsp3) is 0.600. The third kappa shape index (κ3) is 1.59. The summed E-state index contributed by atoms with van der Waals surface area (Å²) >= 11 is 0. The van der Waals surface area contributed by atoms with Crippen LogP contribution in [-0.2, 0) is 0 Å². The Hall–Kier alpha value is -0.600. The van der Waals surface area contributed by atoms with Crippen LogP contribution in [0.3, 0.4) is 0 Å². The number of nitrogens with two attached hydrogens (primary N) is 2. The topological polar surface area (TPSA) is 52.0 Å². The molecule has 1 aliphatic carbocycles. The Bertz CT molecular complexity index is 218. The Morgan fingerprint density at radius 2 is 2.17 bits per heavy atom. The van der Waals surface area contributed by atoms with Crippen LogP contribution in [0.25, 0.3) is 0 Å². The minimum Gasteiger partial charge on any atom is -0.323 e. The van der Waals surface area contributed by atoms with Crippen LogP contribution < -0.4 is 11.5 Å². The summed E-state index contributed by atoms with van der Waals surface area (Å²) in [6.45, 7) is 4.19. The summed E-state index contributed by atoms with van der Waals surface area (Å²) in [5.74, 6) is 0. The van der Waals surface area contributed by atoms with Crippen molar-refractivity contribution < 1.29 is 0 Å². The van der Waals surface area contributed by atoms with Crippen molar-refractivity contribution in [3.8, 4) is 0 Å². The number of hydrogen-bond acceptors (Lipinski definition) is 2. The highest BCUT2D eigenvalue weighted by molar-refractivity contribution is 5.33. The maximum atomic E-state index is 6.06. The third-order valence-electron chi connectivity index (χ3n) is 2.64. The molecule has 0 fully saturated rings. The van der Waals surface area contributed by atoms with E-state index in [9.17, 15) is 0 Å². The van der Waals surface area contributed by atoms with Gasteiger partial charge in [0, 0.05) is 6.04 Å². The molecule has 0 aromatic rings. The fourth-order valence-electron chi connectivity index (χ4n) is 1.40.